The van der Waals surface area contributed by atoms with Crippen LogP contribution in [0.2, 0.25) is 0 Å². The monoisotopic (exact) mass is 618 g/mol. The zero-order chi connectivity index (χ0) is 32.1. The van der Waals surface area contributed by atoms with Gasteiger partial charge in [0.2, 0.25) is 14.7 Å². The van der Waals surface area contributed by atoms with Crippen molar-refractivity contribution in [3.63, 3.8) is 0 Å². The predicted molar refractivity (Wildman–Crippen MR) is 165 cm³/mol. The van der Waals surface area contributed by atoms with E-state index in [1.807, 2.05) is 59.2 Å². The average molecular weight is 619 g/mol. The summed E-state index contributed by atoms with van der Waals surface area (Å²) in [4.78, 5) is 24.7. The molecule has 1 fully saturated rings. The molecule has 3 rings (SSSR count). The molecule has 2 aromatic carbocycles. The Balaban J connectivity index is 2.25. The van der Waals surface area contributed by atoms with Crippen LogP contribution in [0.4, 0.5) is 10.5 Å². The number of carbonyl (C=O) groups excluding carboxylic acids is 1. The second-order valence-corrected chi connectivity index (χ2v) is 14.0. The lowest BCUT2D eigenvalue weighted by Crippen LogP contribution is -2.67. The highest BCUT2D eigenvalue weighted by atomic mass is 32.2. The highest BCUT2D eigenvalue weighted by Crippen LogP contribution is 2.40. The number of carboxylic acids is 1. The average Bonchev–Trinajstić information content (AvgIpc) is 2.96. The lowest BCUT2D eigenvalue weighted by atomic mass is 9.89. The van der Waals surface area contributed by atoms with Crippen LogP contribution in [0.5, 0.6) is 0 Å². The molecule has 4 N–H and O–H groups in total. The van der Waals surface area contributed by atoms with Gasteiger partial charge < -0.3 is 14.7 Å². The molecule has 0 radical (unpaired) electrons. The molecule has 0 aliphatic carbocycles. The molecule has 1 aliphatic heterocycles. The van der Waals surface area contributed by atoms with E-state index in [2.05, 4.69) is 5.43 Å². The summed E-state index contributed by atoms with van der Waals surface area (Å²) in [5.74, 6) is -1.83. The number of amides is 1. The maximum atomic E-state index is 15.1. The largest absolute Gasteiger partial charge is 0.479 e. The SMILES string of the molecule is CCOC(=O)N1CCN(N[C@@](Cc2cccc(NO)c2)(C(=O)O)S(=O)(=O)c2c(C(C)C)cc(C(C)C)cc2C(C)C)CC1. The van der Waals surface area contributed by atoms with Gasteiger partial charge in [-0.25, -0.2) is 28.4 Å². The van der Waals surface area contributed by atoms with Crippen molar-refractivity contribution in [2.45, 2.75) is 82.4 Å². The van der Waals surface area contributed by atoms with Gasteiger partial charge in [-0.05, 0) is 59.1 Å². The fourth-order valence-corrected chi connectivity index (χ4v) is 7.71. The first-order valence-electron chi connectivity index (χ1n) is 14.8. The summed E-state index contributed by atoms with van der Waals surface area (Å²) in [6.07, 6.45) is -0.903. The molecule has 1 aliphatic rings. The summed E-state index contributed by atoms with van der Waals surface area (Å²) < 4.78 is 35.3. The molecule has 0 spiro atoms. The highest BCUT2D eigenvalue weighted by molar-refractivity contribution is 7.93. The number of piperazine rings is 1. The number of sulfone groups is 1. The third-order valence-corrected chi connectivity index (χ3v) is 10.1. The van der Waals surface area contributed by atoms with Crippen molar-refractivity contribution in [2.24, 2.45) is 0 Å². The van der Waals surface area contributed by atoms with E-state index in [9.17, 15) is 19.9 Å². The van der Waals surface area contributed by atoms with Crippen LogP contribution in [0.3, 0.4) is 0 Å². The second-order valence-electron chi connectivity index (χ2n) is 11.9. The van der Waals surface area contributed by atoms with Crippen LogP contribution in [-0.2, 0) is 25.8 Å². The van der Waals surface area contributed by atoms with E-state index in [1.54, 1.807) is 30.1 Å². The summed E-state index contributed by atoms with van der Waals surface area (Å²) in [7, 11) is -4.65. The van der Waals surface area contributed by atoms with Crippen molar-refractivity contribution in [3.05, 3.63) is 58.7 Å². The number of carbonyl (C=O) groups is 2. The highest BCUT2D eigenvalue weighted by Gasteiger charge is 2.55. The minimum Gasteiger partial charge on any atom is -0.479 e. The predicted octanol–water partition coefficient (Wildman–Crippen LogP) is 4.93. The van der Waals surface area contributed by atoms with Crippen LogP contribution in [0.15, 0.2) is 41.3 Å². The van der Waals surface area contributed by atoms with Crippen LogP contribution in [0, 0.1) is 0 Å². The Hall–Kier alpha value is -3.19. The number of benzene rings is 2. The molecule has 1 heterocycles. The normalized spacial score (nSPS) is 16.0. The molecule has 12 heteroatoms. The number of rotatable bonds is 12. The minimum absolute atomic E-state index is 0.0263. The van der Waals surface area contributed by atoms with Crippen molar-refractivity contribution in [3.8, 4) is 0 Å². The van der Waals surface area contributed by atoms with Crippen LogP contribution in [-0.4, -0.2) is 78.4 Å². The van der Waals surface area contributed by atoms with Gasteiger partial charge in [0.05, 0.1) is 17.2 Å². The van der Waals surface area contributed by atoms with Gasteiger partial charge >= 0.3 is 12.1 Å². The number of hydrogen-bond acceptors (Lipinski definition) is 9. The molecule has 0 aromatic heterocycles. The van der Waals surface area contributed by atoms with Gasteiger partial charge in [-0.2, -0.15) is 0 Å². The fourth-order valence-electron chi connectivity index (χ4n) is 5.32. The Morgan fingerprint density at radius 3 is 2.00 bits per heavy atom. The molecule has 238 valence electrons. The first-order valence-corrected chi connectivity index (χ1v) is 16.3. The molecule has 2 aromatic rings. The van der Waals surface area contributed by atoms with E-state index in [0.717, 1.165) is 5.56 Å². The summed E-state index contributed by atoms with van der Waals surface area (Å²) in [5.41, 5.74) is 7.79. The van der Waals surface area contributed by atoms with Gasteiger partial charge in [0.15, 0.2) is 0 Å². The molecule has 0 saturated carbocycles. The maximum absolute atomic E-state index is 15.1. The van der Waals surface area contributed by atoms with E-state index < -0.39 is 33.2 Å². The van der Waals surface area contributed by atoms with Gasteiger partial charge in [-0.3, -0.25) is 10.7 Å². The number of nitrogens with zero attached hydrogens (tertiary/aromatic N) is 2. The fraction of sp³-hybridized carbons (Fsp3) is 0.548. The van der Waals surface area contributed by atoms with Gasteiger partial charge in [-0.1, -0.05) is 65.8 Å². The standard InChI is InChI=1S/C31H46N4O7S/c1-8-42-30(38)34-12-14-35(15-13-34)33-31(29(36)37,19-23-10-9-11-25(16-23)32-39)43(40,41)28-26(21(4)5)17-24(20(2)3)18-27(28)22(6)7/h9-11,16-18,20-22,32-33,39H,8,12-15,19H2,1-7H3,(H,36,37)/t31-/m1/s1. The Bertz CT molecular complexity index is 1370. The summed E-state index contributed by atoms with van der Waals surface area (Å²) >= 11 is 0. The zero-order valence-electron chi connectivity index (χ0n) is 26.2. The summed E-state index contributed by atoms with van der Waals surface area (Å²) in [6.45, 7) is 14.5. The van der Waals surface area contributed by atoms with Crippen molar-refractivity contribution < 1.29 is 33.1 Å². The number of aliphatic carboxylic acids is 1. The molecule has 1 saturated heterocycles. The summed E-state index contributed by atoms with van der Waals surface area (Å²) in [5, 5.41) is 22.0. The van der Waals surface area contributed by atoms with E-state index in [4.69, 9.17) is 4.74 Å². The molecule has 0 bridgehead atoms. The van der Waals surface area contributed by atoms with Crippen molar-refractivity contribution in [1.82, 2.24) is 15.3 Å². The van der Waals surface area contributed by atoms with Gasteiger partial charge in [0.25, 0.3) is 0 Å². The van der Waals surface area contributed by atoms with Crippen LogP contribution in [0.25, 0.3) is 0 Å². The number of anilines is 1. The van der Waals surface area contributed by atoms with Crippen molar-refractivity contribution >= 4 is 27.6 Å². The second kappa shape index (κ2) is 14.1. The Labute approximate surface area is 255 Å². The third kappa shape index (κ3) is 7.31. The van der Waals surface area contributed by atoms with Crippen LogP contribution < -0.4 is 10.9 Å². The molecular formula is C31H46N4O7S. The minimum atomic E-state index is -4.65. The topological polar surface area (TPSA) is 149 Å². The van der Waals surface area contributed by atoms with Gasteiger partial charge in [-0.15, -0.1) is 0 Å². The van der Waals surface area contributed by atoms with Crippen molar-refractivity contribution in [2.75, 3.05) is 38.3 Å². The van der Waals surface area contributed by atoms with Gasteiger partial charge in [0.1, 0.15) is 0 Å². The molecular weight excluding hydrogens is 572 g/mol. The first kappa shape index (κ1) is 34.3. The molecule has 43 heavy (non-hydrogen) atoms. The van der Waals surface area contributed by atoms with E-state index in [0.29, 0.717) is 22.4 Å². The van der Waals surface area contributed by atoms with Gasteiger partial charge in [0, 0.05) is 32.6 Å². The van der Waals surface area contributed by atoms with E-state index in [1.165, 1.54) is 11.0 Å². The Morgan fingerprint density at radius 1 is 0.953 bits per heavy atom. The number of hydrogen-bond donors (Lipinski definition) is 4. The maximum Gasteiger partial charge on any atom is 0.409 e. The zero-order valence-corrected chi connectivity index (χ0v) is 27.0. The summed E-state index contributed by atoms with van der Waals surface area (Å²) in [6, 6.07) is 10.1. The molecule has 11 nitrogen and oxygen atoms in total. The quantitative estimate of drug-likeness (QED) is 0.241. The molecule has 1 atom stereocenters. The van der Waals surface area contributed by atoms with E-state index >= 15 is 8.42 Å². The van der Waals surface area contributed by atoms with Crippen molar-refractivity contribution in [1.29, 1.82) is 0 Å². The number of nitrogens with one attached hydrogen (secondary N) is 2. The smallest absolute Gasteiger partial charge is 0.409 e. The number of hydrazine groups is 1. The van der Waals surface area contributed by atoms with E-state index in [-0.39, 0.29) is 55.4 Å². The number of carboxylic acid groups (broad SMARTS) is 1. The molecule has 1 amide bonds. The molecule has 0 unspecified atom stereocenters. The third-order valence-electron chi connectivity index (χ3n) is 7.81. The first-order chi connectivity index (χ1) is 20.2. The van der Waals surface area contributed by atoms with Crippen LogP contribution in [0.1, 0.15) is 88.5 Å². The Kier molecular flexibility index (Phi) is 11.2. The lowest BCUT2D eigenvalue weighted by Gasteiger charge is -2.41. The Morgan fingerprint density at radius 2 is 1.53 bits per heavy atom. The van der Waals surface area contributed by atoms with Crippen LogP contribution >= 0.6 is 0 Å². The lowest BCUT2D eigenvalue weighted by molar-refractivity contribution is -0.143. The number of ether oxygens (including phenoxy) is 1.